The van der Waals surface area contributed by atoms with E-state index in [1.54, 1.807) is 30.3 Å². The van der Waals surface area contributed by atoms with Crippen LogP contribution in [-0.4, -0.2) is 12.4 Å². The summed E-state index contributed by atoms with van der Waals surface area (Å²) < 4.78 is 26.8. The maximum Gasteiger partial charge on any atom is 0.267 e. The molecule has 0 N–H and O–H groups in total. The predicted octanol–water partition coefficient (Wildman–Crippen LogP) is 3.25. The molecule has 0 aliphatic rings. The van der Waals surface area contributed by atoms with Crippen LogP contribution in [0, 0.1) is 0 Å². The van der Waals surface area contributed by atoms with Gasteiger partial charge in [-0.05, 0) is 44.0 Å². The van der Waals surface area contributed by atoms with Crippen molar-refractivity contribution < 1.29 is 8.42 Å². The Morgan fingerprint density at radius 2 is 1.44 bits per heavy atom. The summed E-state index contributed by atoms with van der Waals surface area (Å²) in [6.07, 6.45) is 3.01. The molecule has 84 valence electrons. The van der Waals surface area contributed by atoms with Gasteiger partial charge in [0.25, 0.3) is 10.0 Å². The Morgan fingerprint density at radius 1 is 0.938 bits per heavy atom. The molecule has 0 radical (unpaired) electrons. The first-order valence-electron chi connectivity index (χ1n) is 4.35. The third-order valence-electron chi connectivity index (χ3n) is 2.03. The van der Waals surface area contributed by atoms with E-state index in [-0.39, 0.29) is 4.90 Å². The Morgan fingerprint density at radius 3 is 1.94 bits per heavy atom. The zero-order valence-electron chi connectivity index (χ0n) is 7.97. The second-order valence-corrected chi connectivity index (χ2v) is 6.65. The van der Waals surface area contributed by atoms with Gasteiger partial charge in [0.1, 0.15) is 0 Å². The van der Waals surface area contributed by atoms with Gasteiger partial charge in [-0.25, -0.2) is 12.4 Å². The molecule has 0 bridgehead atoms. The lowest BCUT2D eigenvalue weighted by Crippen LogP contribution is -2.10. The zero-order valence-corrected chi connectivity index (χ0v) is 12.0. The quantitative estimate of drug-likeness (QED) is 0.820. The lowest BCUT2D eigenvalue weighted by atomic mass is 10.4. The third kappa shape index (κ3) is 2.09. The molecule has 1 aromatic heterocycles. The number of halogens is 2. The molecule has 2 aromatic rings. The lowest BCUT2D eigenvalue weighted by molar-refractivity contribution is 0.587. The van der Waals surface area contributed by atoms with Gasteiger partial charge in [0, 0.05) is 12.4 Å². The highest BCUT2D eigenvalue weighted by atomic mass is 79.9. The summed E-state index contributed by atoms with van der Waals surface area (Å²) in [5.74, 6) is 0. The van der Waals surface area contributed by atoms with E-state index in [1.807, 2.05) is 0 Å². The molecule has 1 aromatic carbocycles. The van der Waals surface area contributed by atoms with E-state index < -0.39 is 10.0 Å². The Labute approximate surface area is 110 Å². The van der Waals surface area contributed by atoms with Crippen LogP contribution < -0.4 is 0 Å². The van der Waals surface area contributed by atoms with Gasteiger partial charge in [-0.15, -0.1) is 0 Å². The van der Waals surface area contributed by atoms with Crippen molar-refractivity contribution in [1.82, 2.24) is 3.97 Å². The fourth-order valence-electron chi connectivity index (χ4n) is 1.24. The van der Waals surface area contributed by atoms with Gasteiger partial charge in [-0.3, -0.25) is 0 Å². The highest BCUT2D eigenvalue weighted by Gasteiger charge is 2.17. The highest BCUT2D eigenvalue weighted by molar-refractivity contribution is 9.13. The molecule has 2 rings (SSSR count). The smallest absolute Gasteiger partial charge is 0.247 e. The van der Waals surface area contributed by atoms with Crippen molar-refractivity contribution in [3.8, 4) is 0 Å². The molecule has 0 atom stereocenters. The van der Waals surface area contributed by atoms with Crippen molar-refractivity contribution >= 4 is 41.9 Å². The first-order valence-corrected chi connectivity index (χ1v) is 7.38. The summed E-state index contributed by atoms with van der Waals surface area (Å²) in [5, 5.41) is 0. The van der Waals surface area contributed by atoms with Crippen molar-refractivity contribution in [1.29, 1.82) is 0 Å². The van der Waals surface area contributed by atoms with Gasteiger partial charge >= 0.3 is 0 Å². The lowest BCUT2D eigenvalue weighted by Gasteiger charge is -2.04. The third-order valence-corrected chi connectivity index (χ3v) is 5.46. The Hall–Kier alpha value is -0.590. The normalized spacial score (nSPS) is 11.6. The fraction of sp³-hybridized carbons (Fsp3) is 0. The van der Waals surface area contributed by atoms with E-state index in [1.165, 1.54) is 16.4 Å². The van der Waals surface area contributed by atoms with Gasteiger partial charge in [-0.1, -0.05) is 18.2 Å². The summed E-state index contributed by atoms with van der Waals surface area (Å²) in [5.41, 5.74) is 0. The average Bonchev–Trinajstić information content (AvgIpc) is 2.61. The Bertz CT molecular complexity index is 586. The van der Waals surface area contributed by atoms with Crippen molar-refractivity contribution in [2.24, 2.45) is 0 Å². The average molecular weight is 365 g/mol. The fourth-order valence-corrected chi connectivity index (χ4v) is 3.39. The van der Waals surface area contributed by atoms with Gasteiger partial charge < -0.3 is 0 Å². The molecule has 0 aliphatic carbocycles. The maximum absolute atomic E-state index is 12.1. The second-order valence-electron chi connectivity index (χ2n) is 3.10. The summed E-state index contributed by atoms with van der Waals surface area (Å²) in [6, 6.07) is 8.30. The summed E-state index contributed by atoms with van der Waals surface area (Å²) in [7, 11) is -3.48. The maximum atomic E-state index is 12.1. The molecule has 16 heavy (non-hydrogen) atoms. The van der Waals surface area contributed by atoms with Crippen molar-refractivity contribution in [3.63, 3.8) is 0 Å². The van der Waals surface area contributed by atoms with Crippen LogP contribution in [0.25, 0.3) is 0 Å². The molecule has 0 saturated carbocycles. The topological polar surface area (TPSA) is 39.1 Å². The number of hydrogen-bond acceptors (Lipinski definition) is 2. The number of hydrogen-bond donors (Lipinski definition) is 0. The molecular formula is C10H7Br2NO2S. The molecular weight excluding hydrogens is 358 g/mol. The summed E-state index contributed by atoms with van der Waals surface area (Å²) in [4.78, 5) is 0.269. The van der Waals surface area contributed by atoms with Crippen LogP contribution >= 0.6 is 31.9 Å². The molecule has 1 heterocycles. The van der Waals surface area contributed by atoms with E-state index in [9.17, 15) is 8.42 Å². The minimum atomic E-state index is -3.48. The number of nitrogens with zero attached hydrogens (tertiary/aromatic N) is 1. The standard InChI is InChI=1S/C10H7Br2NO2S/c11-9-6-13(7-10(9)12)16(14,15)8-4-2-1-3-5-8/h1-7H. The largest absolute Gasteiger partial charge is 0.267 e. The van der Waals surface area contributed by atoms with Crippen LogP contribution in [-0.2, 0) is 10.0 Å². The number of rotatable bonds is 2. The van der Waals surface area contributed by atoms with Crippen LogP contribution in [0.4, 0.5) is 0 Å². The van der Waals surface area contributed by atoms with E-state index in [0.717, 1.165) is 0 Å². The molecule has 0 fully saturated rings. The molecule has 0 saturated heterocycles. The van der Waals surface area contributed by atoms with Gasteiger partial charge in [0.05, 0.1) is 13.8 Å². The zero-order chi connectivity index (χ0) is 11.8. The van der Waals surface area contributed by atoms with Gasteiger partial charge in [-0.2, -0.15) is 0 Å². The monoisotopic (exact) mass is 363 g/mol. The minimum absolute atomic E-state index is 0.269. The van der Waals surface area contributed by atoms with Crippen LogP contribution in [0.2, 0.25) is 0 Å². The van der Waals surface area contributed by atoms with Crippen LogP contribution in [0.5, 0.6) is 0 Å². The summed E-state index contributed by atoms with van der Waals surface area (Å²) >= 11 is 6.50. The van der Waals surface area contributed by atoms with Crippen LogP contribution in [0.15, 0.2) is 56.6 Å². The number of aromatic nitrogens is 1. The first-order chi connectivity index (χ1) is 7.51. The first kappa shape index (κ1) is 11.9. The summed E-state index contributed by atoms with van der Waals surface area (Å²) in [6.45, 7) is 0. The van der Waals surface area contributed by atoms with Crippen molar-refractivity contribution in [3.05, 3.63) is 51.7 Å². The number of benzene rings is 1. The van der Waals surface area contributed by atoms with E-state index in [2.05, 4.69) is 31.9 Å². The Balaban J connectivity index is 2.56. The molecule has 3 nitrogen and oxygen atoms in total. The van der Waals surface area contributed by atoms with Crippen LogP contribution in [0.3, 0.4) is 0 Å². The van der Waals surface area contributed by atoms with E-state index in [4.69, 9.17) is 0 Å². The van der Waals surface area contributed by atoms with Gasteiger partial charge in [0.15, 0.2) is 0 Å². The molecule has 0 spiro atoms. The molecule has 0 amide bonds. The van der Waals surface area contributed by atoms with Crippen LogP contribution in [0.1, 0.15) is 0 Å². The second kappa shape index (κ2) is 4.35. The SMILES string of the molecule is O=S(=O)(c1ccccc1)n1cc(Br)c(Br)c1. The minimum Gasteiger partial charge on any atom is -0.247 e. The molecule has 6 heteroatoms. The predicted molar refractivity (Wildman–Crippen MR) is 68.9 cm³/mol. The van der Waals surface area contributed by atoms with Crippen molar-refractivity contribution in [2.75, 3.05) is 0 Å². The van der Waals surface area contributed by atoms with E-state index in [0.29, 0.717) is 8.95 Å². The Kier molecular flexibility index (Phi) is 3.23. The van der Waals surface area contributed by atoms with Crippen molar-refractivity contribution in [2.45, 2.75) is 4.90 Å². The van der Waals surface area contributed by atoms with Gasteiger partial charge in [0.2, 0.25) is 0 Å². The highest BCUT2D eigenvalue weighted by Crippen LogP contribution is 2.26. The molecule has 0 aliphatic heterocycles. The van der Waals surface area contributed by atoms with E-state index >= 15 is 0 Å². The molecule has 0 unspecified atom stereocenters.